The molecule has 0 saturated carbocycles. The minimum Gasteiger partial charge on any atom is -0.348 e. The van der Waals surface area contributed by atoms with E-state index in [1.165, 1.54) is 0 Å². The third-order valence-electron chi connectivity index (χ3n) is 3.59. The van der Waals surface area contributed by atoms with Crippen molar-refractivity contribution < 1.29 is 4.79 Å². The summed E-state index contributed by atoms with van der Waals surface area (Å²) in [5.74, 6) is -0.0229. The molecule has 4 heteroatoms. The number of halogens is 1. The summed E-state index contributed by atoms with van der Waals surface area (Å²) in [7, 11) is 0. The van der Waals surface area contributed by atoms with Crippen LogP contribution in [0, 0.1) is 0 Å². The Hall–Kier alpha value is -1.84. The van der Waals surface area contributed by atoms with Crippen molar-refractivity contribution in [2.24, 2.45) is 0 Å². The largest absolute Gasteiger partial charge is 0.348 e. The second-order valence-electron chi connectivity index (χ2n) is 5.36. The smallest absolute Gasteiger partial charge is 0.234 e. The molecule has 0 radical (unpaired) electrons. The second kappa shape index (κ2) is 7.97. The molecule has 0 fully saturated rings. The van der Waals surface area contributed by atoms with E-state index < -0.39 is 0 Å². The number of benzene rings is 2. The van der Waals surface area contributed by atoms with Crippen LogP contribution in [0.15, 0.2) is 54.6 Å². The lowest BCUT2D eigenvalue weighted by Gasteiger charge is -2.17. The van der Waals surface area contributed by atoms with Crippen LogP contribution in [-0.2, 0) is 4.79 Å². The first kappa shape index (κ1) is 16.5. The molecule has 1 amide bonds. The lowest BCUT2D eigenvalue weighted by atomic mass is 10.1. The Balaban J connectivity index is 1.82. The van der Waals surface area contributed by atoms with Crippen LogP contribution in [0.25, 0.3) is 0 Å². The maximum Gasteiger partial charge on any atom is 0.234 e. The predicted molar refractivity (Wildman–Crippen MR) is 90.9 cm³/mol. The van der Waals surface area contributed by atoms with Crippen LogP contribution in [0.1, 0.15) is 37.1 Å². The fraction of sp³-hybridized carbons (Fsp3) is 0.278. The highest BCUT2D eigenvalue weighted by atomic mass is 35.5. The summed E-state index contributed by atoms with van der Waals surface area (Å²) < 4.78 is 0. The molecule has 0 aromatic heterocycles. The topological polar surface area (TPSA) is 41.1 Å². The van der Waals surface area contributed by atoms with E-state index in [-0.39, 0.29) is 24.5 Å². The summed E-state index contributed by atoms with van der Waals surface area (Å²) in [6.07, 6.45) is 0. The minimum atomic E-state index is -0.0229. The van der Waals surface area contributed by atoms with Gasteiger partial charge in [0.1, 0.15) is 0 Å². The van der Waals surface area contributed by atoms with Crippen molar-refractivity contribution in [3.8, 4) is 0 Å². The van der Waals surface area contributed by atoms with Crippen LogP contribution in [0.4, 0.5) is 0 Å². The van der Waals surface area contributed by atoms with Gasteiger partial charge < -0.3 is 10.6 Å². The van der Waals surface area contributed by atoms with Gasteiger partial charge in [-0.2, -0.15) is 0 Å². The van der Waals surface area contributed by atoms with Gasteiger partial charge in [-0.05, 0) is 37.1 Å². The second-order valence-corrected chi connectivity index (χ2v) is 5.79. The Morgan fingerprint density at radius 2 is 1.68 bits per heavy atom. The third-order valence-corrected chi connectivity index (χ3v) is 3.83. The van der Waals surface area contributed by atoms with Gasteiger partial charge in [0.15, 0.2) is 0 Å². The molecule has 0 heterocycles. The first-order chi connectivity index (χ1) is 10.6. The molecule has 0 spiro atoms. The molecule has 3 nitrogen and oxygen atoms in total. The van der Waals surface area contributed by atoms with Crippen molar-refractivity contribution >= 4 is 17.5 Å². The summed E-state index contributed by atoms with van der Waals surface area (Å²) in [4.78, 5) is 12.0. The van der Waals surface area contributed by atoms with Crippen LogP contribution in [0.5, 0.6) is 0 Å². The zero-order chi connectivity index (χ0) is 15.9. The first-order valence-corrected chi connectivity index (χ1v) is 7.77. The van der Waals surface area contributed by atoms with Crippen molar-refractivity contribution in [1.82, 2.24) is 10.6 Å². The number of amides is 1. The first-order valence-electron chi connectivity index (χ1n) is 7.39. The molecule has 22 heavy (non-hydrogen) atoms. The molecule has 2 aromatic carbocycles. The van der Waals surface area contributed by atoms with E-state index in [1.54, 1.807) is 0 Å². The van der Waals surface area contributed by atoms with Crippen molar-refractivity contribution in [1.29, 1.82) is 0 Å². The molecule has 116 valence electrons. The number of nitrogens with one attached hydrogen (secondary N) is 2. The number of rotatable bonds is 6. The molecular formula is C18H21ClN2O. The van der Waals surface area contributed by atoms with Crippen LogP contribution < -0.4 is 10.6 Å². The number of carbonyl (C=O) groups excluding carboxylic acids is 1. The van der Waals surface area contributed by atoms with E-state index in [0.717, 1.165) is 11.1 Å². The molecular weight excluding hydrogens is 296 g/mol. The van der Waals surface area contributed by atoms with Gasteiger partial charge in [-0.15, -0.1) is 0 Å². The van der Waals surface area contributed by atoms with Gasteiger partial charge in [-0.1, -0.05) is 54.1 Å². The van der Waals surface area contributed by atoms with E-state index in [4.69, 9.17) is 11.6 Å². The summed E-state index contributed by atoms with van der Waals surface area (Å²) >= 11 is 5.98. The molecule has 2 rings (SSSR count). The van der Waals surface area contributed by atoms with Gasteiger partial charge in [0.2, 0.25) is 5.91 Å². The highest BCUT2D eigenvalue weighted by molar-refractivity contribution is 6.30. The van der Waals surface area contributed by atoms with Crippen LogP contribution in [0.2, 0.25) is 5.02 Å². The summed E-state index contributed by atoms with van der Waals surface area (Å²) in [5.41, 5.74) is 2.16. The molecule has 0 aliphatic rings. The van der Waals surface area contributed by atoms with E-state index in [2.05, 4.69) is 10.6 Å². The highest BCUT2D eigenvalue weighted by Gasteiger charge is 2.11. The quantitative estimate of drug-likeness (QED) is 0.849. The standard InChI is InChI=1S/C18H21ClN2O/c1-13(16-9-6-10-17(19)11-16)20-12-18(22)21-14(2)15-7-4-3-5-8-15/h3-11,13-14,20H,12H2,1-2H3,(H,21,22)/t13-,14-/m1/s1. The molecule has 0 aliphatic heterocycles. The molecule has 0 unspecified atom stereocenters. The van der Waals surface area contributed by atoms with Gasteiger partial charge >= 0.3 is 0 Å². The number of hydrogen-bond donors (Lipinski definition) is 2. The SMILES string of the molecule is C[C@@H](NCC(=O)N[C@H](C)c1ccccc1)c1cccc(Cl)c1. The highest BCUT2D eigenvalue weighted by Crippen LogP contribution is 2.17. The Morgan fingerprint density at radius 1 is 1.00 bits per heavy atom. The monoisotopic (exact) mass is 316 g/mol. The van der Waals surface area contributed by atoms with E-state index in [0.29, 0.717) is 5.02 Å². The summed E-state index contributed by atoms with van der Waals surface area (Å²) in [6, 6.07) is 17.6. The molecule has 2 aromatic rings. The zero-order valence-electron chi connectivity index (χ0n) is 12.8. The Labute approximate surface area is 136 Å². The number of carbonyl (C=O) groups is 1. The van der Waals surface area contributed by atoms with E-state index in [9.17, 15) is 4.79 Å². The average Bonchev–Trinajstić information content (AvgIpc) is 2.53. The lowest BCUT2D eigenvalue weighted by molar-refractivity contribution is -0.121. The van der Waals surface area contributed by atoms with Crippen molar-refractivity contribution in [2.45, 2.75) is 25.9 Å². The van der Waals surface area contributed by atoms with Gasteiger partial charge in [0.05, 0.1) is 12.6 Å². The van der Waals surface area contributed by atoms with Crippen molar-refractivity contribution in [3.63, 3.8) is 0 Å². The Morgan fingerprint density at radius 3 is 2.36 bits per heavy atom. The molecule has 0 bridgehead atoms. The lowest BCUT2D eigenvalue weighted by Crippen LogP contribution is -2.36. The average molecular weight is 317 g/mol. The van der Waals surface area contributed by atoms with E-state index >= 15 is 0 Å². The van der Waals surface area contributed by atoms with Gasteiger partial charge in [-0.3, -0.25) is 4.79 Å². The maximum absolute atomic E-state index is 12.0. The normalized spacial score (nSPS) is 13.4. The summed E-state index contributed by atoms with van der Waals surface area (Å²) in [5, 5.41) is 6.90. The molecule has 0 aliphatic carbocycles. The summed E-state index contributed by atoms with van der Waals surface area (Å²) in [6.45, 7) is 4.26. The van der Waals surface area contributed by atoms with Crippen LogP contribution in [-0.4, -0.2) is 12.5 Å². The minimum absolute atomic E-state index is 0.00280. The Bertz CT molecular complexity index is 615. The molecule has 2 atom stereocenters. The van der Waals surface area contributed by atoms with Crippen molar-refractivity contribution in [2.75, 3.05) is 6.54 Å². The van der Waals surface area contributed by atoms with Crippen LogP contribution >= 0.6 is 11.6 Å². The zero-order valence-corrected chi connectivity index (χ0v) is 13.6. The fourth-order valence-electron chi connectivity index (χ4n) is 2.26. The van der Waals surface area contributed by atoms with Gasteiger partial charge in [0.25, 0.3) is 0 Å². The van der Waals surface area contributed by atoms with Gasteiger partial charge in [0, 0.05) is 11.1 Å². The predicted octanol–water partition coefficient (Wildman–Crippen LogP) is 3.87. The third kappa shape index (κ3) is 4.86. The molecule has 0 saturated heterocycles. The maximum atomic E-state index is 12.0. The van der Waals surface area contributed by atoms with E-state index in [1.807, 2.05) is 68.4 Å². The Kier molecular flexibility index (Phi) is 5.99. The molecule has 2 N–H and O–H groups in total. The number of hydrogen-bond acceptors (Lipinski definition) is 2. The van der Waals surface area contributed by atoms with Crippen LogP contribution in [0.3, 0.4) is 0 Å². The van der Waals surface area contributed by atoms with Gasteiger partial charge in [-0.25, -0.2) is 0 Å². The van der Waals surface area contributed by atoms with Crippen molar-refractivity contribution in [3.05, 3.63) is 70.7 Å². The fourth-order valence-corrected chi connectivity index (χ4v) is 2.46.